The predicted molar refractivity (Wildman–Crippen MR) is 112 cm³/mol. The van der Waals surface area contributed by atoms with E-state index in [9.17, 15) is 18.8 Å². The van der Waals surface area contributed by atoms with Crippen LogP contribution in [0.4, 0.5) is 20.6 Å². The lowest BCUT2D eigenvalue weighted by atomic mass is 10.1. The third-order valence-corrected chi connectivity index (χ3v) is 4.99. The standard InChI is InChI=1S/C23H20FN3O4/c1-15-4-2-5-18(12-15)27-22(29)20(26(23(27)30)14-19-6-3-11-31-19)13-21(28)25-17-9-7-16(24)8-10-17/h2-12,20H,13-14H2,1H3,(H,25,28). The van der Waals surface area contributed by atoms with E-state index in [1.54, 1.807) is 30.3 Å². The second-order valence-corrected chi connectivity index (χ2v) is 7.28. The summed E-state index contributed by atoms with van der Waals surface area (Å²) >= 11 is 0. The number of halogens is 1. The lowest BCUT2D eigenvalue weighted by molar-refractivity contribution is -0.124. The van der Waals surface area contributed by atoms with Crippen LogP contribution < -0.4 is 10.2 Å². The van der Waals surface area contributed by atoms with Gasteiger partial charge in [0.15, 0.2) is 0 Å². The van der Waals surface area contributed by atoms with E-state index < -0.39 is 29.7 Å². The van der Waals surface area contributed by atoms with Crippen LogP contribution in [0.3, 0.4) is 0 Å². The zero-order chi connectivity index (χ0) is 22.0. The molecule has 31 heavy (non-hydrogen) atoms. The SMILES string of the molecule is Cc1cccc(N2C(=O)C(CC(=O)Nc3ccc(F)cc3)N(Cc3ccco3)C2=O)c1. The molecule has 1 aliphatic rings. The van der Waals surface area contributed by atoms with Crippen molar-refractivity contribution in [2.24, 2.45) is 0 Å². The summed E-state index contributed by atoms with van der Waals surface area (Å²) < 4.78 is 18.4. The molecule has 1 fully saturated rings. The monoisotopic (exact) mass is 421 g/mol. The minimum atomic E-state index is -1.00. The molecule has 158 valence electrons. The van der Waals surface area contributed by atoms with Gasteiger partial charge >= 0.3 is 6.03 Å². The third kappa shape index (κ3) is 4.32. The highest BCUT2D eigenvalue weighted by molar-refractivity contribution is 6.22. The average Bonchev–Trinajstić information content (AvgIpc) is 3.32. The van der Waals surface area contributed by atoms with Gasteiger partial charge in [-0.2, -0.15) is 0 Å². The number of carbonyl (C=O) groups is 3. The van der Waals surface area contributed by atoms with Gasteiger partial charge in [0.1, 0.15) is 17.6 Å². The zero-order valence-corrected chi connectivity index (χ0v) is 16.7. The van der Waals surface area contributed by atoms with Crippen molar-refractivity contribution in [3.8, 4) is 0 Å². The quantitative estimate of drug-likeness (QED) is 0.608. The second-order valence-electron chi connectivity index (χ2n) is 7.28. The predicted octanol–water partition coefficient (Wildman–Crippen LogP) is 4.09. The fourth-order valence-electron chi connectivity index (χ4n) is 3.51. The number of urea groups is 1. The summed E-state index contributed by atoms with van der Waals surface area (Å²) in [6.45, 7) is 1.91. The van der Waals surface area contributed by atoms with E-state index in [1.807, 2.05) is 13.0 Å². The van der Waals surface area contributed by atoms with Crippen LogP contribution >= 0.6 is 0 Å². The van der Waals surface area contributed by atoms with E-state index in [0.717, 1.165) is 10.5 Å². The van der Waals surface area contributed by atoms with Crippen molar-refractivity contribution < 1.29 is 23.2 Å². The van der Waals surface area contributed by atoms with Crippen molar-refractivity contribution in [3.05, 3.63) is 84.1 Å². The summed E-state index contributed by atoms with van der Waals surface area (Å²) in [6.07, 6.45) is 1.23. The molecule has 0 radical (unpaired) electrons. The molecule has 0 saturated carbocycles. The number of imide groups is 1. The van der Waals surface area contributed by atoms with Gasteiger partial charge in [-0.3, -0.25) is 9.59 Å². The van der Waals surface area contributed by atoms with Gasteiger partial charge < -0.3 is 14.6 Å². The third-order valence-electron chi connectivity index (χ3n) is 4.99. The number of anilines is 2. The molecular formula is C23H20FN3O4. The number of hydrogen-bond acceptors (Lipinski definition) is 4. The molecule has 8 heteroatoms. The molecule has 1 unspecified atom stereocenters. The second kappa shape index (κ2) is 8.43. The van der Waals surface area contributed by atoms with Crippen molar-refractivity contribution in [3.63, 3.8) is 0 Å². The number of carbonyl (C=O) groups excluding carboxylic acids is 3. The molecule has 1 atom stereocenters. The van der Waals surface area contributed by atoms with Crippen LogP contribution in [0, 0.1) is 12.7 Å². The first-order valence-corrected chi connectivity index (χ1v) is 9.71. The largest absolute Gasteiger partial charge is 0.467 e. The number of furan rings is 1. The molecule has 2 heterocycles. The topological polar surface area (TPSA) is 82.9 Å². The fraction of sp³-hybridized carbons (Fsp3) is 0.174. The maximum atomic E-state index is 13.2. The highest BCUT2D eigenvalue weighted by Gasteiger charge is 2.47. The Morgan fingerprint density at radius 3 is 2.55 bits per heavy atom. The minimum Gasteiger partial charge on any atom is -0.467 e. The normalized spacial score (nSPS) is 16.1. The number of amides is 4. The minimum absolute atomic E-state index is 0.0500. The Kier molecular flexibility index (Phi) is 5.53. The molecule has 1 N–H and O–H groups in total. The van der Waals surface area contributed by atoms with Crippen molar-refractivity contribution in [1.82, 2.24) is 4.90 Å². The summed E-state index contributed by atoms with van der Waals surface area (Å²) in [6, 6.07) is 14.2. The zero-order valence-electron chi connectivity index (χ0n) is 16.7. The van der Waals surface area contributed by atoms with Gasteiger partial charge in [-0.25, -0.2) is 14.1 Å². The molecule has 0 aliphatic carbocycles. The summed E-state index contributed by atoms with van der Waals surface area (Å²) in [4.78, 5) is 41.4. The number of aryl methyl sites for hydroxylation is 1. The molecule has 7 nitrogen and oxygen atoms in total. The van der Waals surface area contributed by atoms with Crippen LogP contribution in [0.1, 0.15) is 17.7 Å². The molecule has 2 aromatic carbocycles. The van der Waals surface area contributed by atoms with E-state index in [1.165, 1.54) is 35.4 Å². The van der Waals surface area contributed by atoms with E-state index in [0.29, 0.717) is 17.1 Å². The highest BCUT2D eigenvalue weighted by Crippen LogP contribution is 2.29. The molecule has 1 aliphatic heterocycles. The van der Waals surface area contributed by atoms with Crippen LogP contribution in [0.15, 0.2) is 71.3 Å². The van der Waals surface area contributed by atoms with Crippen LogP contribution in [-0.4, -0.2) is 28.8 Å². The number of nitrogens with one attached hydrogen (secondary N) is 1. The lowest BCUT2D eigenvalue weighted by Crippen LogP contribution is -2.37. The molecule has 4 amide bonds. The van der Waals surface area contributed by atoms with E-state index in [2.05, 4.69) is 5.32 Å². The summed E-state index contributed by atoms with van der Waals surface area (Å²) in [7, 11) is 0. The van der Waals surface area contributed by atoms with E-state index in [-0.39, 0.29) is 13.0 Å². The van der Waals surface area contributed by atoms with Crippen molar-refractivity contribution in [1.29, 1.82) is 0 Å². The first kappa shape index (κ1) is 20.3. The first-order chi connectivity index (χ1) is 14.9. The van der Waals surface area contributed by atoms with Gasteiger partial charge in [0.2, 0.25) is 5.91 Å². The summed E-state index contributed by atoms with van der Waals surface area (Å²) in [5.41, 5.74) is 1.74. The Balaban J connectivity index is 1.59. The number of hydrogen-bond donors (Lipinski definition) is 1. The number of rotatable bonds is 6. The van der Waals surface area contributed by atoms with Crippen molar-refractivity contribution in [2.75, 3.05) is 10.2 Å². The maximum Gasteiger partial charge on any atom is 0.332 e. The van der Waals surface area contributed by atoms with Crippen molar-refractivity contribution in [2.45, 2.75) is 25.9 Å². The van der Waals surface area contributed by atoms with E-state index in [4.69, 9.17) is 4.42 Å². The van der Waals surface area contributed by atoms with Crippen molar-refractivity contribution >= 4 is 29.2 Å². The van der Waals surface area contributed by atoms with Gasteiger partial charge in [-0.15, -0.1) is 0 Å². The maximum absolute atomic E-state index is 13.2. The summed E-state index contributed by atoms with van der Waals surface area (Å²) in [5.74, 6) is -0.881. The number of nitrogens with zero attached hydrogens (tertiary/aromatic N) is 2. The molecule has 3 aromatic rings. The first-order valence-electron chi connectivity index (χ1n) is 9.71. The molecule has 1 aromatic heterocycles. The van der Waals surface area contributed by atoms with Crippen LogP contribution in [0.2, 0.25) is 0 Å². The molecule has 4 rings (SSSR count). The molecule has 1 saturated heterocycles. The van der Waals surface area contributed by atoms with Crippen LogP contribution in [0.5, 0.6) is 0 Å². The Labute approximate surface area is 178 Å². The van der Waals surface area contributed by atoms with Gasteiger partial charge in [0.25, 0.3) is 5.91 Å². The Hall–Kier alpha value is -3.94. The summed E-state index contributed by atoms with van der Waals surface area (Å²) in [5, 5.41) is 2.64. The molecule has 0 bridgehead atoms. The van der Waals surface area contributed by atoms with Crippen LogP contribution in [-0.2, 0) is 16.1 Å². The Morgan fingerprint density at radius 1 is 1.10 bits per heavy atom. The van der Waals surface area contributed by atoms with Gasteiger partial charge in [0, 0.05) is 5.69 Å². The average molecular weight is 421 g/mol. The van der Waals surface area contributed by atoms with Gasteiger partial charge in [-0.05, 0) is 61.0 Å². The smallest absolute Gasteiger partial charge is 0.332 e. The van der Waals surface area contributed by atoms with Gasteiger partial charge in [0.05, 0.1) is 24.9 Å². The van der Waals surface area contributed by atoms with E-state index >= 15 is 0 Å². The molecule has 0 spiro atoms. The number of benzene rings is 2. The Bertz CT molecular complexity index is 1110. The van der Waals surface area contributed by atoms with Gasteiger partial charge in [-0.1, -0.05) is 12.1 Å². The molecular weight excluding hydrogens is 401 g/mol. The highest BCUT2D eigenvalue weighted by atomic mass is 19.1. The lowest BCUT2D eigenvalue weighted by Gasteiger charge is -2.20. The van der Waals surface area contributed by atoms with Crippen LogP contribution in [0.25, 0.3) is 0 Å². The fourth-order valence-corrected chi connectivity index (χ4v) is 3.51. The Morgan fingerprint density at radius 2 is 1.87 bits per heavy atom.